The number of nitrogens with zero attached hydrogens (tertiary/aromatic N) is 2. The lowest BCUT2D eigenvalue weighted by atomic mass is 9.92. The van der Waals surface area contributed by atoms with Gasteiger partial charge in [0.25, 0.3) is 11.5 Å². The Balaban J connectivity index is 1.42. The molecule has 3 aromatic rings. The zero-order chi connectivity index (χ0) is 32.5. The van der Waals surface area contributed by atoms with Crippen LogP contribution in [0.15, 0.2) is 29.1 Å². The van der Waals surface area contributed by atoms with Gasteiger partial charge in [-0.05, 0) is 99.9 Å². The molecule has 2 N–H and O–H groups in total. The molecule has 246 valence electrons. The number of aromatic nitrogens is 1. The Morgan fingerprint density at radius 2 is 1.72 bits per heavy atom. The number of nitrogens with one attached hydrogen (secondary N) is 2. The monoisotopic (exact) mass is 634 g/mol. The summed E-state index contributed by atoms with van der Waals surface area (Å²) in [5, 5.41) is 2.79. The van der Waals surface area contributed by atoms with E-state index in [1.54, 1.807) is 32.0 Å². The van der Waals surface area contributed by atoms with Crippen LogP contribution in [0.3, 0.4) is 0 Å². The molecule has 0 saturated carbocycles. The Morgan fingerprint density at radius 1 is 1.00 bits per heavy atom. The number of halogens is 2. The average molecular weight is 635 g/mol. The van der Waals surface area contributed by atoms with E-state index in [1.165, 1.54) is 0 Å². The van der Waals surface area contributed by atoms with E-state index in [1.807, 2.05) is 19.9 Å². The molecule has 2 aliphatic heterocycles. The van der Waals surface area contributed by atoms with E-state index in [9.17, 15) is 9.59 Å². The molecule has 1 atom stereocenters. The van der Waals surface area contributed by atoms with E-state index >= 15 is 8.78 Å². The number of fused-ring (bicyclic) bond motifs is 1. The molecular weight excluding hydrogens is 590 g/mol. The minimum absolute atomic E-state index is 0.0632. The first-order chi connectivity index (χ1) is 22.2. The normalized spacial score (nSPS) is 18.9. The number of rotatable bonds is 8. The molecule has 1 unspecified atom stereocenters. The number of pyridine rings is 1. The van der Waals surface area contributed by atoms with Gasteiger partial charge in [-0.15, -0.1) is 0 Å². The molecule has 2 aromatic carbocycles. The first-order valence-electron chi connectivity index (χ1n) is 16.5. The Kier molecular flexibility index (Phi) is 9.59. The minimum atomic E-state index is -0.766. The van der Waals surface area contributed by atoms with Crippen molar-refractivity contribution in [3.63, 3.8) is 0 Å². The van der Waals surface area contributed by atoms with Crippen molar-refractivity contribution >= 4 is 11.6 Å². The maximum atomic E-state index is 16.7. The third-order valence-electron chi connectivity index (χ3n) is 9.98. The lowest BCUT2D eigenvalue weighted by Gasteiger charge is -2.37. The summed E-state index contributed by atoms with van der Waals surface area (Å²) in [6.45, 7) is 12.1. The van der Waals surface area contributed by atoms with Crippen molar-refractivity contribution in [3.8, 4) is 11.1 Å². The number of carbonyl (C=O) groups excluding carboxylic acids is 1. The van der Waals surface area contributed by atoms with Crippen LogP contribution in [0.4, 0.5) is 14.5 Å². The number of carbonyl (C=O) groups is 1. The van der Waals surface area contributed by atoms with Crippen LogP contribution in [0.1, 0.15) is 76.1 Å². The van der Waals surface area contributed by atoms with Gasteiger partial charge in [-0.1, -0.05) is 0 Å². The lowest BCUT2D eigenvalue weighted by molar-refractivity contribution is 0.0164. The van der Waals surface area contributed by atoms with Gasteiger partial charge in [0, 0.05) is 79.5 Å². The molecule has 10 heteroatoms. The van der Waals surface area contributed by atoms with Crippen LogP contribution >= 0.6 is 0 Å². The van der Waals surface area contributed by atoms with Gasteiger partial charge >= 0.3 is 0 Å². The van der Waals surface area contributed by atoms with E-state index < -0.39 is 17.5 Å². The number of ether oxygens (including phenoxy) is 2. The summed E-state index contributed by atoms with van der Waals surface area (Å²) < 4.78 is 44.0. The van der Waals surface area contributed by atoms with E-state index in [4.69, 9.17) is 9.47 Å². The molecule has 0 radical (unpaired) electrons. The Hall–Kier alpha value is -3.60. The highest BCUT2D eigenvalue weighted by molar-refractivity contribution is 5.99. The number of morpholine rings is 1. The van der Waals surface area contributed by atoms with Crippen molar-refractivity contribution in [2.24, 2.45) is 0 Å². The molecule has 1 aromatic heterocycles. The molecule has 0 bridgehead atoms. The van der Waals surface area contributed by atoms with Gasteiger partial charge in [0.15, 0.2) is 0 Å². The SMILES string of the molecule is CCN(c1cc(-c2cc3c(cc2F)C(N2CCOCC2)CC3)c(F)c(C(=O)NCc2c(C)cc(C)[nH]c2=O)c1C)C1CCOCC1. The third-order valence-corrected chi connectivity index (χ3v) is 9.98. The Morgan fingerprint density at radius 3 is 2.41 bits per heavy atom. The molecule has 1 aliphatic carbocycles. The minimum Gasteiger partial charge on any atom is -0.381 e. The van der Waals surface area contributed by atoms with Gasteiger partial charge in [-0.2, -0.15) is 0 Å². The first-order valence-corrected chi connectivity index (χ1v) is 16.5. The molecule has 2 fully saturated rings. The predicted molar refractivity (Wildman–Crippen MR) is 175 cm³/mol. The smallest absolute Gasteiger partial charge is 0.254 e. The molecular formula is C36H44F2N4O4. The highest BCUT2D eigenvalue weighted by Crippen LogP contribution is 2.42. The second kappa shape index (κ2) is 13.6. The highest BCUT2D eigenvalue weighted by atomic mass is 19.1. The van der Waals surface area contributed by atoms with Gasteiger partial charge in [0.1, 0.15) is 11.6 Å². The Bertz CT molecular complexity index is 1680. The van der Waals surface area contributed by atoms with E-state index in [2.05, 4.69) is 20.1 Å². The molecule has 0 spiro atoms. The van der Waals surface area contributed by atoms with Gasteiger partial charge in [-0.25, -0.2) is 8.78 Å². The number of H-pyrrole nitrogens is 1. The second-order valence-electron chi connectivity index (χ2n) is 12.7. The zero-order valence-corrected chi connectivity index (χ0v) is 27.2. The number of hydrogen-bond acceptors (Lipinski definition) is 6. The fourth-order valence-corrected chi connectivity index (χ4v) is 7.56. The van der Waals surface area contributed by atoms with Crippen LogP contribution in [0.2, 0.25) is 0 Å². The molecule has 8 nitrogen and oxygen atoms in total. The molecule has 2 saturated heterocycles. The number of aromatic amines is 1. The summed E-state index contributed by atoms with van der Waals surface area (Å²) in [5.74, 6) is -1.91. The van der Waals surface area contributed by atoms with E-state index in [0.717, 1.165) is 61.2 Å². The van der Waals surface area contributed by atoms with E-state index in [0.29, 0.717) is 49.8 Å². The summed E-state index contributed by atoms with van der Waals surface area (Å²) in [5.41, 5.74) is 4.79. The highest BCUT2D eigenvalue weighted by Gasteiger charge is 2.33. The van der Waals surface area contributed by atoms with Crippen LogP contribution in [-0.4, -0.2) is 67.9 Å². The number of anilines is 1. The number of amides is 1. The fraction of sp³-hybridized carbons (Fsp3) is 0.500. The summed E-state index contributed by atoms with van der Waals surface area (Å²) in [6, 6.07) is 7.15. The second-order valence-corrected chi connectivity index (χ2v) is 12.7. The number of hydrogen-bond donors (Lipinski definition) is 2. The Labute approximate surface area is 269 Å². The van der Waals surface area contributed by atoms with Crippen molar-refractivity contribution in [2.45, 2.75) is 72.0 Å². The molecule has 6 rings (SSSR count). The van der Waals surface area contributed by atoms with E-state index in [-0.39, 0.29) is 40.9 Å². The van der Waals surface area contributed by atoms with Crippen molar-refractivity contribution in [2.75, 3.05) is 51.0 Å². The van der Waals surface area contributed by atoms with Gasteiger partial charge in [0.2, 0.25) is 0 Å². The molecule has 3 heterocycles. The van der Waals surface area contributed by atoms with Crippen molar-refractivity contribution in [1.29, 1.82) is 0 Å². The van der Waals surface area contributed by atoms with Crippen LogP contribution in [0, 0.1) is 32.4 Å². The van der Waals surface area contributed by atoms with Crippen LogP contribution < -0.4 is 15.8 Å². The maximum Gasteiger partial charge on any atom is 0.254 e. The van der Waals surface area contributed by atoms with Gasteiger partial charge in [-0.3, -0.25) is 14.5 Å². The molecule has 3 aliphatic rings. The third kappa shape index (κ3) is 6.22. The summed E-state index contributed by atoms with van der Waals surface area (Å²) >= 11 is 0. The zero-order valence-electron chi connectivity index (χ0n) is 27.2. The van der Waals surface area contributed by atoms with Crippen molar-refractivity contribution in [3.05, 3.63) is 85.3 Å². The largest absolute Gasteiger partial charge is 0.381 e. The average Bonchev–Trinajstić information content (AvgIpc) is 3.45. The quantitative estimate of drug-likeness (QED) is 0.341. The van der Waals surface area contributed by atoms with Crippen LogP contribution in [0.5, 0.6) is 0 Å². The van der Waals surface area contributed by atoms with Gasteiger partial charge in [0.05, 0.1) is 18.8 Å². The van der Waals surface area contributed by atoms with Crippen LogP contribution in [0.25, 0.3) is 11.1 Å². The maximum absolute atomic E-state index is 16.7. The lowest BCUT2D eigenvalue weighted by Crippen LogP contribution is -2.40. The molecule has 1 amide bonds. The first kappa shape index (κ1) is 32.3. The fourth-order valence-electron chi connectivity index (χ4n) is 7.56. The number of benzene rings is 2. The number of aryl methyl sites for hydroxylation is 3. The van der Waals surface area contributed by atoms with Gasteiger partial charge < -0.3 is 24.7 Å². The van der Waals surface area contributed by atoms with Crippen molar-refractivity contribution < 1.29 is 23.0 Å². The molecule has 46 heavy (non-hydrogen) atoms. The predicted octanol–water partition coefficient (Wildman–Crippen LogP) is 5.50. The summed E-state index contributed by atoms with van der Waals surface area (Å²) in [7, 11) is 0. The van der Waals surface area contributed by atoms with Crippen LogP contribution in [-0.2, 0) is 22.4 Å². The summed E-state index contributed by atoms with van der Waals surface area (Å²) in [4.78, 5) is 33.8. The topological polar surface area (TPSA) is 86.9 Å². The standard InChI is InChI=1S/C36H44F2N4O4/c1-5-42(25-8-12-45-13-9-25)32-19-28(27-17-24-6-7-31(26(24)18-30(27)37)41-10-14-46-15-11-41)34(38)33(23(32)4)36(44)39-20-29-21(2)16-22(3)40-35(29)43/h16-19,25,31H,5-15,20H2,1-4H3,(H,39,44)(H,40,43). The summed E-state index contributed by atoms with van der Waals surface area (Å²) in [6.07, 6.45) is 3.24. The van der Waals surface area contributed by atoms with Crippen molar-refractivity contribution in [1.82, 2.24) is 15.2 Å².